The van der Waals surface area contributed by atoms with Crippen molar-refractivity contribution in [3.05, 3.63) is 23.8 Å². The van der Waals surface area contributed by atoms with Crippen LogP contribution in [0.4, 0.5) is 4.39 Å². The highest BCUT2D eigenvalue weighted by Gasteiger charge is 2.61. The number of Topliss-reactive ketones (excluding diaryl/α,β-unsaturated/α-hetero) is 1. The topological polar surface area (TPSA) is 71.4 Å². The Balaban J connectivity index is 1.69. The minimum Gasteiger partial charge on any atom is -0.475 e. The van der Waals surface area contributed by atoms with Gasteiger partial charge in [0, 0.05) is 11.3 Å². The largest absolute Gasteiger partial charge is 0.475 e. The van der Waals surface area contributed by atoms with Crippen molar-refractivity contribution in [2.45, 2.75) is 52.1 Å². The van der Waals surface area contributed by atoms with Crippen LogP contribution in [-0.2, 0) is 14.4 Å². The molecule has 0 aromatic heterocycles. The van der Waals surface area contributed by atoms with Crippen LogP contribution in [0.15, 0.2) is 23.8 Å². The maximum Gasteiger partial charge on any atom is 0.372 e. The number of carbonyl (C=O) groups is 3. The molecule has 3 fully saturated rings. The second-order valence-corrected chi connectivity index (χ2v) is 9.04. The lowest BCUT2D eigenvalue weighted by molar-refractivity contribution is -0.154. The highest BCUT2D eigenvalue weighted by atomic mass is 19.1. The number of hydrogen-bond acceptors (Lipinski definition) is 3. The van der Waals surface area contributed by atoms with Gasteiger partial charge in [0.15, 0.2) is 5.78 Å². The molecule has 0 saturated heterocycles. The van der Waals surface area contributed by atoms with Crippen LogP contribution in [0, 0.1) is 34.5 Å². The van der Waals surface area contributed by atoms with Gasteiger partial charge in [0.2, 0.25) is 5.78 Å². The number of allylic oxidation sites excluding steroid dienone is 4. The van der Waals surface area contributed by atoms with Crippen molar-refractivity contribution in [3.8, 4) is 0 Å². The first-order valence-electron chi connectivity index (χ1n) is 9.55. The molecular weight excluding hydrogens is 335 g/mol. The van der Waals surface area contributed by atoms with Crippen LogP contribution in [0.3, 0.4) is 0 Å². The van der Waals surface area contributed by atoms with Crippen molar-refractivity contribution in [1.82, 2.24) is 0 Å². The average Bonchev–Trinajstić information content (AvgIpc) is 2.93. The first kappa shape index (κ1) is 17.6. The van der Waals surface area contributed by atoms with E-state index in [0.29, 0.717) is 18.4 Å². The number of hydrogen-bond donors (Lipinski definition) is 1. The maximum absolute atomic E-state index is 15.1. The van der Waals surface area contributed by atoms with E-state index in [9.17, 15) is 19.5 Å². The quantitative estimate of drug-likeness (QED) is 0.765. The lowest BCUT2D eigenvalue weighted by Crippen LogP contribution is -2.53. The summed E-state index contributed by atoms with van der Waals surface area (Å²) in [4.78, 5) is 35.2. The van der Waals surface area contributed by atoms with E-state index in [-0.39, 0.29) is 29.0 Å². The Hall–Kier alpha value is -1.78. The molecule has 0 aromatic carbocycles. The summed E-state index contributed by atoms with van der Waals surface area (Å²) in [7, 11) is 0. The zero-order chi connectivity index (χ0) is 18.9. The normalized spacial score (nSPS) is 46.8. The van der Waals surface area contributed by atoms with Gasteiger partial charge >= 0.3 is 5.97 Å². The summed E-state index contributed by atoms with van der Waals surface area (Å²) in [5.41, 5.74) is -0.208. The summed E-state index contributed by atoms with van der Waals surface area (Å²) in [5.74, 6) is -2.12. The van der Waals surface area contributed by atoms with Gasteiger partial charge in [0.25, 0.3) is 0 Å². The van der Waals surface area contributed by atoms with Crippen molar-refractivity contribution in [3.63, 3.8) is 0 Å². The summed E-state index contributed by atoms with van der Waals surface area (Å²) in [6.07, 6.45) is 7.12. The van der Waals surface area contributed by atoms with Gasteiger partial charge in [-0.05, 0) is 73.0 Å². The van der Waals surface area contributed by atoms with Crippen molar-refractivity contribution in [2.24, 2.45) is 34.5 Å². The smallest absolute Gasteiger partial charge is 0.372 e. The Morgan fingerprint density at radius 1 is 1.19 bits per heavy atom. The molecule has 0 amide bonds. The van der Waals surface area contributed by atoms with Crippen molar-refractivity contribution in [1.29, 1.82) is 0 Å². The monoisotopic (exact) mass is 360 g/mol. The molecule has 4 nitrogen and oxygen atoms in total. The van der Waals surface area contributed by atoms with Gasteiger partial charge in [-0.1, -0.05) is 19.9 Å². The van der Waals surface area contributed by atoms with Gasteiger partial charge in [-0.25, -0.2) is 9.18 Å². The summed E-state index contributed by atoms with van der Waals surface area (Å²) < 4.78 is 15.1. The number of fused-ring (bicyclic) bond motifs is 5. The van der Waals surface area contributed by atoms with E-state index < -0.39 is 29.3 Å². The molecule has 1 N–H and O–H groups in total. The molecule has 0 bridgehead atoms. The zero-order valence-electron chi connectivity index (χ0n) is 15.2. The summed E-state index contributed by atoms with van der Waals surface area (Å²) in [6.45, 7) is 4.07. The van der Waals surface area contributed by atoms with E-state index in [0.717, 1.165) is 19.3 Å². The molecule has 4 aliphatic carbocycles. The third-order valence-electron chi connectivity index (χ3n) is 8.06. The molecule has 5 heteroatoms. The van der Waals surface area contributed by atoms with E-state index in [1.54, 1.807) is 6.08 Å². The van der Waals surface area contributed by atoms with E-state index in [2.05, 4.69) is 0 Å². The van der Waals surface area contributed by atoms with Crippen LogP contribution in [0.25, 0.3) is 0 Å². The van der Waals surface area contributed by atoms with Crippen molar-refractivity contribution in [2.75, 3.05) is 0 Å². The number of aliphatic carboxylic acids is 1. The standard InChI is InChI=1S/C21H25FO4/c1-20-8-6-14-12(13(20)3-4-15(20)18(24)19(25)26)10-17(22)16-9-11(23)5-7-21(14,16)2/h5,7,9,12-15,17H,3-4,6,8,10H2,1-2H3,(H,25,26)/t12-,13-,14-,15+,17?,20-,21+/m0/s1. The molecule has 0 radical (unpaired) electrons. The number of halogens is 1. The molecule has 0 spiro atoms. The van der Waals surface area contributed by atoms with Crippen LogP contribution < -0.4 is 0 Å². The van der Waals surface area contributed by atoms with Gasteiger partial charge in [0.05, 0.1) is 0 Å². The molecule has 0 aromatic rings. The second-order valence-electron chi connectivity index (χ2n) is 9.04. The number of carbonyl (C=O) groups excluding carboxylic acids is 2. The molecule has 4 rings (SSSR count). The molecule has 3 saturated carbocycles. The Labute approximate surface area is 152 Å². The highest BCUT2D eigenvalue weighted by Crippen LogP contribution is 2.66. The number of alkyl halides is 1. The summed E-state index contributed by atoms with van der Waals surface area (Å²) in [5, 5.41) is 9.18. The van der Waals surface area contributed by atoms with Crippen LogP contribution in [0.1, 0.15) is 46.0 Å². The summed E-state index contributed by atoms with van der Waals surface area (Å²) in [6, 6.07) is 0. The fourth-order valence-electron chi connectivity index (χ4n) is 6.78. The minimum atomic E-state index is -1.35. The van der Waals surface area contributed by atoms with Crippen LogP contribution in [-0.4, -0.2) is 28.8 Å². The van der Waals surface area contributed by atoms with E-state index in [4.69, 9.17) is 0 Å². The van der Waals surface area contributed by atoms with Gasteiger partial charge in [0.1, 0.15) is 6.17 Å². The molecule has 26 heavy (non-hydrogen) atoms. The minimum absolute atomic E-state index is 0.121. The highest BCUT2D eigenvalue weighted by molar-refractivity contribution is 6.33. The second kappa shape index (κ2) is 5.61. The molecule has 1 unspecified atom stereocenters. The lowest BCUT2D eigenvalue weighted by Gasteiger charge is -2.57. The number of rotatable bonds is 2. The molecule has 140 valence electrons. The third kappa shape index (κ3) is 2.21. The predicted molar refractivity (Wildman–Crippen MR) is 93.0 cm³/mol. The Morgan fingerprint density at radius 2 is 1.92 bits per heavy atom. The maximum atomic E-state index is 15.1. The van der Waals surface area contributed by atoms with E-state index >= 15 is 4.39 Å². The molecular formula is C21H25FO4. The van der Waals surface area contributed by atoms with E-state index in [1.807, 2.05) is 19.9 Å². The van der Waals surface area contributed by atoms with Gasteiger partial charge in [-0.15, -0.1) is 0 Å². The SMILES string of the molecule is C[C@]12CC[C@H]3[C@@H](CC(F)C4=CC(=O)C=C[C@@]43C)[C@@H]1CC[C@@H]2C(=O)C(=O)O. The fraction of sp³-hybridized carbons (Fsp3) is 0.667. The zero-order valence-corrected chi connectivity index (χ0v) is 15.2. The molecule has 0 aliphatic heterocycles. The molecule has 7 atom stereocenters. The number of carboxylic acid groups (broad SMARTS) is 1. The first-order valence-corrected chi connectivity index (χ1v) is 9.55. The molecule has 0 heterocycles. The third-order valence-corrected chi connectivity index (χ3v) is 8.06. The number of carboxylic acids is 1. The van der Waals surface area contributed by atoms with Gasteiger partial charge in [-0.3, -0.25) is 9.59 Å². The van der Waals surface area contributed by atoms with Gasteiger partial charge < -0.3 is 5.11 Å². The van der Waals surface area contributed by atoms with Crippen molar-refractivity contribution >= 4 is 17.5 Å². The molecule has 4 aliphatic rings. The first-order chi connectivity index (χ1) is 12.2. The Morgan fingerprint density at radius 3 is 2.62 bits per heavy atom. The van der Waals surface area contributed by atoms with Gasteiger partial charge in [-0.2, -0.15) is 0 Å². The van der Waals surface area contributed by atoms with Crippen LogP contribution in [0.2, 0.25) is 0 Å². The van der Waals surface area contributed by atoms with Crippen LogP contribution in [0.5, 0.6) is 0 Å². The number of ketones is 2. The lowest BCUT2D eigenvalue weighted by atomic mass is 9.47. The van der Waals surface area contributed by atoms with Crippen molar-refractivity contribution < 1.29 is 23.9 Å². The average molecular weight is 360 g/mol. The predicted octanol–water partition coefficient (Wildman–Crippen LogP) is 3.51. The Kier molecular flexibility index (Phi) is 3.80. The Bertz CT molecular complexity index is 753. The summed E-state index contributed by atoms with van der Waals surface area (Å²) >= 11 is 0. The van der Waals surface area contributed by atoms with E-state index in [1.165, 1.54) is 6.08 Å². The van der Waals surface area contributed by atoms with Crippen LogP contribution >= 0.6 is 0 Å². The fourth-order valence-corrected chi connectivity index (χ4v) is 6.78.